The zero-order valence-electron chi connectivity index (χ0n) is 15.3. The van der Waals surface area contributed by atoms with Crippen LogP contribution in [0, 0.1) is 35.4 Å². The van der Waals surface area contributed by atoms with Crippen molar-refractivity contribution in [1.82, 2.24) is 0 Å². The minimum absolute atomic E-state index is 0.246. The molecule has 3 saturated carbocycles. The van der Waals surface area contributed by atoms with E-state index in [-0.39, 0.29) is 10.8 Å². The van der Waals surface area contributed by atoms with Crippen LogP contribution in [0.1, 0.15) is 69.8 Å². The summed E-state index contributed by atoms with van der Waals surface area (Å²) >= 11 is 5.86. The van der Waals surface area contributed by atoms with Crippen molar-refractivity contribution < 1.29 is 4.39 Å². The van der Waals surface area contributed by atoms with Gasteiger partial charge in [-0.15, -0.1) is 0 Å². The van der Waals surface area contributed by atoms with Gasteiger partial charge in [0.1, 0.15) is 5.82 Å². The van der Waals surface area contributed by atoms with Crippen LogP contribution >= 0.6 is 11.6 Å². The molecule has 0 amide bonds. The van der Waals surface area contributed by atoms with Crippen LogP contribution < -0.4 is 0 Å². The minimum Gasteiger partial charge on any atom is -0.205 e. The Morgan fingerprint density at radius 2 is 1.68 bits per heavy atom. The summed E-state index contributed by atoms with van der Waals surface area (Å²) in [5, 5.41) is 0.246. The molecule has 0 saturated heterocycles. The molecule has 1 aromatic carbocycles. The third-order valence-corrected chi connectivity index (χ3v) is 7.77. The Hall–Kier alpha value is -0.820. The van der Waals surface area contributed by atoms with Gasteiger partial charge in [-0.25, -0.2) is 4.39 Å². The van der Waals surface area contributed by atoms with Crippen molar-refractivity contribution in [3.8, 4) is 0 Å². The Morgan fingerprint density at radius 1 is 0.960 bits per heavy atom. The van der Waals surface area contributed by atoms with Crippen molar-refractivity contribution in [2.45, 2.75) is 64.2 Å². The molecule has 1 aromatic rings. The van der Waals surface area contributed by atoms with Crippen LogP contribution in [0.25, 0.3) is 0 Å². The quantitative estimate of drug-likeness (QED) is 0.482. The van der Waals surface area contributed by atoms with Crippen LogP contribution in [-0.2, 0) is 0 Å². The third-order valence-electron chi connectivity index (χ3n) is 7.46. The van der Waals surface area contributed by atoms with Gasteiger partial charge in [-0.1, -0.05) is 29.8 Å². The average molecular weight is 361 g/mol. The second-order valence-electron chi connectivity index (χ2n) is 8.71. The van der Waals surface area contributed by atoms with E-state index in [1.807, 2.05) is 6.07 Å². The Balaban J connectivity index is 1.43. The first-order valence-corrected chi connectivity index (χ1v) is 10.6. The summed E-state index contributed by atoms with van der Waals surface area (Å²) in [6.07, 6.45) is 15.6. The SMILES string of the molecule is CC=CC1CCC2C(CCC3CC(c4ccc(Cl)c(F)c4)CCC32)C1. The van der Waals surface area contributed by atoms with Crippen LogP contribution in [0.3, 0.4) is 0 Å². The van der Waals surface area contributed by atoms with E-state index in [9.17, 15) is 4.39 Å². The van der Waals surface area contributed by atoms with E-state index < -0.39 is 0 Å². The maximum absolute atomic E-state index is 13.9. The van der Waals surface area contributed by atoms with Crippen molar-refractivity contribution in [3.05, 3.63) is 46.8 Å². The van der Waals surface area contributed by atoms with E-state index >= 15 is 0 Å². The summed E-state index contributed by atoms with van der Waals surface area (Å²) in [7, 11) is 0. The molecule has 2 heteroatoms. The van der Waals surface area contributed by atoms with Gasteiger partial charge >= 0.3 is 0 Å². The highest BCUT2D eigenvalue weighted by atomic mass is 35.5. The molecule has 4 rings (SSSR count). The number of hydrogen-bond donors (Lipinski definition) is 0. The smallest absolute Gasteiger partial charge is 0.142 e. The van der Waals surface area contributed by atoms with Crippen molar-refractivity contribution in [2.75, 3.05) is 0 Å². The molecule has 136 valence electrons. The molecule has 0 spiro atoms. The molecule has 0 bridgehead atoms. The fourth-order valence-electron chi connectivity index (χ4n) is 6.35. The summed E-state index contributed by atoms with van der Waals surface area (Å²) in [5.74, 6) is 4.81. The predicted molar refractivity (Wildman–Crippen MR) is 103 cm³/mol. The molecule has 25 heavy (non-hydrogen) atoms. The second kappa shape index (κ2) is 7.43. The second-order valence-corrected chi connectivity index (χ2v) is 9.11. The molecule has 0 heterocycles. The Morgan fingerprint density at radius 3 is 2.40 bits per heavy atom. The molecular formula is C23H30ClF. The fourth-order valence-corrected chi connectivity index (χ4v) is 6.46. The van der Waals surface area contributed by atoms with Gasteiger partial charge in [0.25, 0.3) is 0 Å². The predicted octanol–water partition coefficient (Wildman–Crippen LogP) is 7.38. The lowest BCUT2D eigenvalue weighted by molar-refractivity contribution is 0.0127. The standard InChI is InChI=1S/C23H30ClF/c1-2-3-15-4-9-20-18(12-15)5-6-19-13-16(7-10-21(19)20)17-8-11-22(24)23(25)14-17/h2-3,8,11,14-16,18-21H,4-7,9-10,12-13H2,1H3. The van der Waals surface area contributed by atoms with E-state index in [1.165, 1.54) is 56.9 Å². The molecule has 0 aliphatic heterocycles. The minimum atomic E-state index is -0.257. The van der Waals surface area contributed by atoms with E-state index in [2.05, 4.69) is 19.1 Å². The van der Waals surface area contributed by atoms with Gasteiger partial charge in [-0.3, -0.25) is 0 Å². The first-order valence-electron chi connectivity index (χ1n) is 10.2. The zero-order valence-corrected chi connectivity index (χ0v) is 16.0. The van der Waals surface area contributed by atoms with Crippen LogP contribution in [0.15, 0.2) is 30.4 Å². The first kappa shape index (κ1) is 17.6. The monoisotopic (exact) mass is 360 g/mol. The molecule has 0 nitrogen and oxygen atoms in total. The van der Waals surface area contributed by atoms with E-state index in [0.29, 0.717) is 5.92 Å². The van der Waals surface area contributed by atoms with Gasteiger partial charge in [0, 0.05) is 0 Å². The molecule has 3 fully saturated rings. The Labute approximate surface area is 156 Å². The third kappa shape index (κ3) is 3.54. The molecule has 6 unspecified atom stereocenters. The van der Waals surface area contributed by atoms with Crippen molar-refractivity contribution in [2.24, 2.45) is 29.6 Å². The first-order chi connectivity index (χ1) is 12.2. The summed E-state index contributed by atoms with van der Waals surface area (Å²) in [4.78, 5) is 0. The number of fused-ring (bicyclic) bond motifs is 3. The van der Waals surface area contributed by atoms with Crippen LogP contribution in [0.4, 0.5) is 4.39 Å². The van der Waals surface area contributed by atoms with E-state index in [1.54, 1.807) is 12.1 Å². The normalized spacial score (nSPS) is 38.4. The van der Waals surface area contributed by atoms with Crippen molar-refractivity contribution in [1.29, 1.82) is 0 Å². The summed E-state index contributed by atoms with van der Waals surface area (Å²) in [6, 6.07) is 5.46. The summed E-state index contributed by atoms with van der Waals surface area (Å²) in [5.41, 5.74) is 1.17. The topological polar surface area (TPSA) is 0 Å². The number of halogens is 2. The van der Waals surface area contributed by atoms with Crippen LogP contribution in [-0.4, -0.2) is 0 Å². The maximum atomic E-state index is 13.9. The van der Waals surface area contributed by atoms with Gasteiger partial charge in [-0.2, -0.15) is 0 Å². The highest BCUT2D eigenvalue weighted by Gasteiger charge is 2.44. The Kier molecular flexibility index (Phi) is 5.23. The summed E-state index contributed by atoms with van der Waals surface area (Å²) in [6.45, 7) is 2.16. The van der Waals surface area contributed by atoms with Crippen LogP contribution in [0.2, 0.25) is 5.02 Å². The molecular weight excluding hydrogens is 331 g/mol. The zero-order chi connectivity index (χ0) is 17.4. The van der Waals surface area contributed by atoms with Gasteiger partial charge in [-0.05, 0) is 111 Å². The Bertz CT molecular complexity index is 637. The number of rotatable bonds is 2. The van der Waals surface area contributed by atoms with Gasteiger partial charge in [0.2, 0.25) is 0 Å². The van der Waals surface area contributed by atoms with Gasteiger partial charge in [0.05, 0.1) is 5.02 Å². The van der Waals surface area contributed by atoms with Crippen LogP contribution in [0.5, 0.6) is 0 Å². The highest BCUT2D eigenvalue weighted by molar-refractivity contribution is 6.30. The number of allylic oxidation sites excluding steroid dienone is 2. The van der Waals surface area contributed by atoms with Crippen molar-refractivity contribution >= 4 is 11.6 Å². The summed E-state index contributed by atoms with van der Waals surface area (Å²) < 4.78 is 13.9. The largest absolute Gasteiger partial charge is 0.205 e. The number of hydrogen-bond acceptors (Lipinski definition) is 0. The molecule has 3 aliphatic rings. The lowest BCUT2D eigenvalue weighted by Gasteiger charge is -2.50. The number of benzene rings is 1. The lowest BCUT2D eigenvalue weighted by Crippen LogP contribution is -2.41. The molecule has 0 aromatic heterocycles. The molecule has 0 radical (unpaired) electrons. The average Bonchev–Trinajstić information content (AvgIpc) is 2.63. The van der Waals surface area contributed by atoms with Crippen molar-refractivity contribution in [3.63, 3.8) is 0 Å². The maximum Gasteiger partial charge on any atom is 0.142 e. The van der Waals surface area contributed by atoms with E-state index in [0.717, 1.165) is 29.6 Å². The molecule has 3 aliphatic carbocycles. The lowest BCUT2D eigenvalue weighted by atomic mass is 9.55. The molecule has 6 atom stereocenters. The fraction of sp³-hybridized carbons (Fsp3) is 0.652. The van der Waals surface area contributed by atoms with Gasteiger partial charge in [0.15, 0.2) is 0 Å². The highest BCUT2D eigenvalue weighted by Crippen LogP contribution is 2.54. The van der Waals surface area contributed by atoms with Gasteiger partial charge < -0.3 is 0 Å². The molecule has 0 N–H and O–H groups in total. The van der Waals surface area contributed by atoms with E-state index in [4.69, 9.17) is 11.6 Å².